The highest BCUT2D eigenvalue weighted by atomic mass is 19.1. The number of alkyl halides is 1. The van der Waals surface area contributed by atoms with E-state index in [0.29, 0.717) is 5.82 Å². The van der Waals surface area contributed by atoms with E-state index >= 15 is 0 Å². The van der Waals surface area contributed by atoms with Crippen LogP contribution < -0.4 is 5.32 Å². The van der Waals surface area contributed by atoms with E-state index in [1.54, 1.807) is 25.1 Å². The predicted molar refractivity (Wildman–Crippen MR) is 65.6 cm³/mol. The smallest absolute Gasteiger partial charge is 0.408 e. The summed E-state index contributed by atoms with van der Waals surface area (Å²) in [5, 5.41) is 11.4. The molecular weight excluding hydrogens is 253 g/mol. The summed E-state index contributed by atoms with van der Waals surface area (Å²) in [4.78, 5) is 27.8. The number of rotatable bonds is 2. The van der Waals surface area contributed by atoms with E-state index in [2.05, 4.69) is 10.3 Å². The Morgan fingerprint density at radius 1 is 1.53 bits per heavy atom. The van der Waals surface area contributed by atoms with Gasteiger partial charge in [-0.05, 0) is 19.1 Å². The second kappa shape index (κ2) is 5.21. The van der Waals surface area contributed by atoms with Gasteiger partial charge < -0.3 is 10.4 Å². The lowest BCUT2D eigenvalue weighted by Gasteiger charge is -2.19. The van der Waals surface area contributed by atoms with Crippen molar-refractivity contribution in [3.63, 3.8) is 0 Å². The van der Waals surface area contributed by atoms with Crippen molar-refractivity contribution in [3.8, 4) is 0 Å². The molecule has 1 aliphatic rings. The third kappa shape index (κ3) is 2.98. The summed E-state index contributed by atoms with van der Waals surface area (Å²) >= 11 is 0. The van der Waals surface area contributed by atoms with Crippen LogP contribution >= 0.6 is 0 Å². The summed E-state index contributed by atoms with van der Waals surface area (Å²) in [5.41, 5.74) is 0.725. The molecule has 2 atom stereocenters. The monoisotopic (exact) mass is 267 g/mol. The number of carbonyl (C=O) groups is 2. The van der Waals surface area contributed by atoms with Crippen LogP contribution in [0, 0.1) is 6.92 Å². The van der Waals surface area contributed by atoms with Gasteiger partial charge in [0.25, 0.3) is 0 Å². The molecule has 0 radical (unpaired) electrons. The van der Waals surface area contributed by atoms with E-state index in [-0.39, 0.29) is 13.0 Å². The number of aryl methyl sites for hydroxylation is 1. The van der Waals surface area contributed by atoms with Gasteiger partial charge in [-0.2, -0.15) is 0 Å². The van der Waals surface area contributed by atoms with Crippen LogP contribution in [0.1, 0.15) is 12.1 Å². The topological polar surface area (TPSA) is 82.5 Å². The average Bonchev–Trinajstić information content (AvgIpc) is 2.71. The van der Waals surface area contributed by atoms with Crippen LogP contribution in [-0.4, -0.2) is 45.7 Å². The molecule has 7 heteroatoms. The number of halogens is 1. The van der Waals surface area contributed by atoms with Crippen molar-refractivity contribution in [2.24, 2.45) is 0 Å². The van der Waals surface area contributed by atoms with Gasteiger partial charge in [0.15, 0.2) is 0 Å². The molecule has 102 valence electrons. The molecule has 19 heavy (non-hydrogen) atoms. The molecule has 2 N–H and O–H groups in total. The third-order valence-electron chi connectivity index (χ3n) is 2.94. The third-order valence-corrected chi connectivity index (χ3v) is 2.94. The Labute approximate surface area is 109 Å². The Kier molecular flexibility index (Phi) is 3.64. The van der Waals surface area contributed by atoms with E-state index in [4.69, 9.17) is 5.11 Å². The minimum absolute atomic E-state index is 0.121. The van der Waals surface area contributed by atoms with Gasteiger partial charge >= 0.3 is 6.09 Å². The second-order valence-corrected chi connectivity index (χ2v) is 4.44. The molecule has 2 amide bonds. The molecule has 1 fully saturated rings. The maximum Gasteiger partial charge on any atom is 0.408 e. The van der Waals surface area contributed by atoms with Crippen molar-refractivity contribution in [2.45, 2.75) is 25.6 Å². The maximum atomic E-state index is 13.2. The Hall–Kier alpha value is -2.18. The van der Waals surface area contributed by atoms with Crippen molar-refractivity contribution in [2.75, 3.05) is 11.9 Å². The number of amides is 2. The SMILES string of the molecule is Cc1cccc(NC(=O)[C@@H]2C[C@@H](F)CN2C(=O)O)n1. The number of anilines is 1. The number of likely N-dealkylation sites (tertiary alicyclic amines) is 1. The van der Waals surface area contributed by atoms with Gasteiger partial charge in [0.1, 0.15) is 18.0 Å². The fourth-order valence-corrected chi connectivity index (χ4v) is 2.07. The first-order valence-electron chi connectivity index (χ1n) is 5.85. The molecule has 0 bridgehead atoms. The molecule has 2 rings (SSSR count). The fourth-order valence-electron chi connectivity index (χ4n) is 2.07. The number of hydrogen-bond acceptors (Lipinski definition) is 3. The van der Waals surface area contributed by atoms with Crippen LogP contribution in [0.15, 0.2) is 18.2 Å². The fraction of sp³-hybridized carbons (Fsp3) is 0.417. The zero-order chi connectivity index (χ0) is 14.0. The Balaban J connectivity index is 2.09. The highest BCUT2D eigenvalue weighted by Crippen LogP contribution is 2.21. The van der Waals surface area contributed by atoms with Crippen molar-refractivity contribution >= 4 is 17.8 Å². The molecule has 1 aliphatic heterocycles. The number of aromatic nitrogens is 1. The van der Waals surface area contributed by atoms with Gasteiger partial charge in [-0.1, -0.05) is 6.07 Å². The first kappa shape index (κ1) is 13.3. The molecule has 0 unspecified atom stereocenters. The summed E-state index contributed by atoms with van der Waals surface area (Å²) in [6.07, 6.45) is -2.72. The van der Waals surface area contributed by atoms with Crippen molar-refractivity contribution < 1.29 is 19.1 Å². The van der Waals surface area contributed by atoms with Crippen LogP contribution in [-0.2, 0) is 4.79 Å². The van der Waals surface area contributed by atoms with E-state index in [1.165, 1.54) is 0 Å². The second-order valence-electron chi connectivity index (χ2n) is 4.44. The lowest BCUT2D eigenvalue weighted by Crippen LogP contribution is -2.42. The van der Waals surface area contributed by atoms with Crippen molar-refractivity contribution in [1.82, 2.24) is 9.88 Å². The summed E-state index contributed by atoms with van der Waals surface area (Å²) in [5.74, 6) is -0.224. The minimum atomic E-state index is -1.31. The largest absolute Gasteiger partial charge is 0.465 e. The van der Waals surface area contributed by atoms with Gasteiger partial charge in [0.05, 0.1) is 6.54 Å². The van der Waals surface area contributed by atoms with Crippen LogP contribution in [0.5, 0.6) is 0 Å². The highest BCUT2D eigenvalue weighted by molar-refractivity contribution is 5.96. The normalized spacial score (nSPS) is 22.3. The summed E-state index contributed by atoms with van der Waals surface area (Å²) < 4.78 is 13.2. The van der Waals surface area contributed by atoms with Gasteiger partial charge in [-0.15, -0.1) is 0 Å². The summed E-state index contributed by atoms with van der Waals surface area (Å²) in [6, 6.07) is 4.08. The summed E-state index contributed by atoms with van der Waals surface area (Å²) in [7, 11) is 0. The van der Waals surface area contributed by atoms with E-state index in [1.807, 2.05) is 0 Å². The number of nitrogens with one attached hydrogen (secondary N) is 1. The van der Waals surface area contributed by atoms with Crippen LogP contribution in [0.2, 0.25) is 0 Å². The minimum Gasteiger partial charge on any atom is -0.465 e. The predicted octanol–water partition coefficient (Wildman–Crippen LogP) is 1.42. The van der Waals surface area contributed by atoms with Gasteiger partial charge in [0, 0.05) is 12.1 Å². The number of nitrogens with zero attached hydrogens (tertiary/aromatic N) is 2. The van der Waals surface area contributed by atoms with Crippen LogP contribution in [0.4, 0.5) is 15.0 Å². The molecule has 6 nitrogen and oxygen atoms in total. The highest BCUT2D eigenvalue weighted by Gasteiger charge is 2.40. The Bertz CT molecular complexity index is 509. The number of pyridine rings is 1. The Morgan fingerprint density at radius 2 is 2.26 bits per heavy atom. The molecule has 0 saturated carbocycles. The zero-order valence-corrected chi connectivity index (χ0v) is 10.3. The Morgan fingerprint density at radius 3 is 2.89 bits per heavy atom. The zero-order valence-electron chi connectivity index (χ0n) is 10.3. The number of carboxylic acid groups (broad SMARTS) is 1. The average molecular weight is 267 g/mol. The van der Waals surface area contributed by atoms with Gasteiger partial charge in [-0.3, -0.25) is 9.69 Å². The molecule has 0 aliphatic carbocycles. The molecular formula is C12H14FN3O3. The van der Waals surface area contributed by atoms with E-state index in [9.17, 15) is 14.0 Å². The van der Waals surface area contributed by atoms with E-state index in [0.717, 1.165) is 10.6 Å². The van der Waals surface area contributed by atoms with Crippen molar-refractivity contribution in [1.29, 1.82) is 0 Å². The maximum absolute atomic E-state index is 13.2. The lowest BCUT2D eigenvalue weighted by atomic mass is 10.2. The van der Waals surface area contributed by atoms with Crippen LogP contribution in [0.3, 0.4) is 0 Å². The molecule has 1 saturated heterocycles. The first-order valence-corrected chi connectivity index (χ1v) is 5.85. The molecule has 1 aromatic heterocycles. The van der Waals surface area contributed by atoms with E-state index < -0.39 is 24.2 Å². The number of carbonyl (C=O) groups excluding carboxylic acids is 1. The first-order chi connectivity index (χ1) is 8.97. The molecule has 1 aromatic rings. The molecule has 0 aromatic carbocycles. The van der Waals surface area contributed by atoms with Gasteiger partial charge in [0.2, 0.25) is 5.91 Å². The quantitative estimate of drug-likeness (QED) is 0.849. The standard InChI is InChI=1S/C12H14FN3O3/c1-7-3-2-4-10(14-7)15-11(17)9-5-8(13)6-16(9)12(18)19/h2-4,8-9H,5-6H2,1H3,(H,18,19)(H,14,15,17)/t8-,9+/m1/s1. The lowest BCUT2D eigenvalue weighted by molar-refractivity contribution is -0.120. The van der Waals surface area contributed by atoms with Gasteiger partial charge in [-0.25, -0.2) is 14.2 Å². The molecule has 0 spiro atoms. The van der Waals surface area contributed by atoms with Crippen LogP contribution in [0.25, 0.3) is 0 Å². The summed E-state index contributed by atoms with van der Waals surface area (Å²) in [6.45, 7) is 1.50. The molecule has 2 heterocycles. The number of hydrogen-bond donors (Lipinski definition) is 2. The van der Waals surface area contributed by atoms with Crippen molar-refractivity contribution in [3.05, 3.63) is 23.9 Å².